The number of aliphatic carboxylic acids is 1. The first-order valence-electron chi connectivity index (χ1n) is 11.8. The number of carboxylic acid groups (broad SMARTS) is 1. The fraction of sp³-hybridized carbons (Fsp3) is 0.250. The van der Waals surface area contributed by atoms with Crippen LogP contribution in [0.1, 0.15) is 34.3 Å². The van der Waals surface area contributed by atoms with Crippen LogP contribution in [0.15, 0.2) is 78.9 Å². The van der Waals surface area contributed by atoms with Gasteiger partial charge in [-0.2, -0.15) is 0 Å². The first-order chi connectivity index (χ1) is 17.4. The minimum atomic E-state index is -1.36. The number of nitrogens with two attached hydrogens (primary N) is 1. The zero-order valence-electron chi connectivity index (χ0n) is 19.9. The summed E-state index contributed by atoms with van der Waals surface area (Å²) in [6.45, 7) is -0.131. The van der Waals surface area contributed by atoms with E-state index in [-0.39, 0.29) is 29.7 Å². The summed E-state index contributed by atoms with van der Waals surface area (Å²) in [6, 6.07) is 22.8. The van der Waals surface area contributed by atoms with Gasteiger partial charge < -0.3 is 31.0 Å². The van der Waals surface area contributed by atoms with Crippen molar-refractivity contribution in [2.24, 2.45) is 0 Å². The van der Waals surface area contributed by atoms with Gasteiger partial charge in [-0.3, -0.25) is 9.59 Å². The number of nitrogen functional groups attached to an aromatic ring is 1. The molecule has 0 radical (unpaired) electrons. The zero-order chi connectivity index (χ0) is 25.8. The maximum absolute atomic E-state index is 13.0. The molecule has 0 bridgehead atoms. The molecule has 0 aromatic heterocycles. The second kappa shape index (κ2) is 13.5. The molecule has 0 heterocycles. The molecule has 0 aliphatic rings. The third kappa shape index (κ3) is 8.47. The summed E-state index contributed by atoms with van der Waals surface area (Å²) < 4.78 is 5.10. The van der Waals surface area contributed by atoms with Gasteiger partial charge in [0, 0.05) is 18.5 Å². The standard InChI is InChI=1S/C28H31N3O5/c29-23-17-21(14-15-25(23)36-19-26(32)33)18-24(31-27(34)22-12-5-2-6-13-22)28(35)30-16-8-7-11-20-9-3-1-4-10-20/h1-6,9-10,12-15,17,24H,7-8,11,16,18-19,29H2,(H,30,35)(H,31,34)(H,32,33)/p-1. The van der Waals surface area contributed by atoms with Crippen LogP contribution in [-0.4, -0.2) is 37.0 Å². The van der Waals surface area contributed by atoms with Gasteiger partial charge in [0.05, 0.1) is 11.7 Å². The Hall–Kier alpha value is -4.33. The molecule has 8 nitrogen and oxygen atoms in total. The monoisotopic (exact) mass is 488 g/mol. The molecule has 3 aromatic carbocycles. The molecule has 3 rings (SSSR count). The van der Waals surface area contributed by atoms with Crippen molar-refractivity contribution in [1.82, 2.24) is 10.6 Å². The summed E-state index contributed by atoms with van der Waals surface area (Å²) >= 11 is 0. The van der Waals surface area contributed by atoms with Crippen molar-refractivity contribution in [3.8, 4) is 5.75 Å². The highest BCUT2D eigenvalue weighted by Crippen LogP contribution is 2.23. The van der Waals surface area contributed by atoms with Gasteiger partial charge in [0.15, 0.2) is 0 Å². The lowest BCUT2D eigenvalue weighted by Crippen LogP contribution is -2.48. The molecule has 1 atom stereocenters. The quantitative estimate of drug-likeness (QED) is 0.248. The number of ether oxygens (including phenoxy) is 1. The predicted molar refractivity (Wildman–Crippen MR) is 135 cm³/mol. The number of hydrogen-bond donors (Lipinski definition) is 3. The number of carbonyl (C=O) groups is 3. The summed E-state index contributed by atoms with van der Waals surface area (Å²) in [7, 11) is 0. The van der Waals surface area contributed by atoms with Crippen molar-refractivity contribution in [2.75, 3.05) is 18.9 Å². The van der Waals surface area contributed by atoms with E-state index in [1.165, 1.54) is 11.6 Å². The SMILES string of the molecule is Nc1cc(CC(NC(=O)c2ccccc2)C(=O)NCCCCc2ccccc2)ccc1OCC(=O)[O-]. The number of benzene rings is 3. The van der Waals surface area contributed by atoms with Crippen molar-refractivity contribution in [1.29, 1.82) is 0 Å². The number of hydrogen-bond acceptors (Lipinski definition) is 6. The Bertz CT molecular complexity index is 1150. The van der Waals surface area contributed by atoms with E-state index in [2.05, 4.69) is 22.8 Å². The van der Waals surface area contributed by atoms with E-state index in [0.717, 1.165) is 19.3 Å². The number of amides is 2. The van der Waals surface area contributed by atoms with Crippen LogP contribution in [0.25, 0.3) is 0 Å². The van der Waals surface area contributed by atoms with E-state index in [0.29, 0.717) is 17.7 Å². The number of carboxylic acids is 1. The Morgan fingerprint density at radius 1 is 0.889 bits per heavy atom. The van der Waals surface area contributed by atoms with E-state index in [9.17, 15) is 19.5 Å². The highest BCUT2D eigenvalue weighted by atomic mass is 16.5. The van der Waals surface area contributed by atoms with E-state index in [1.54, 1.807) is 36.4 Å². The number of aryl methyl sites for hydroxylation is 1. The number of anilines is 1. The van der Waals surface area contributed by atoms with E-state index < -0.39 is 18.6 Å². The third-order valence-electron chi connectivity index (χ3n) is 5.55. The molecule has 0 fully saturated rings. The summed E-state index contributed by atoms with van der Waals surface area (Å²) in [4.78, 5) is 36.4. The number of unbranched alkanes of at least 4 members (excludes halogenated alkanes) is 1. The Labute approximate surface area is 210 Å². The predicted octanol–water partition coefficient (Wildman–Crippen LogP) is 1.88. The van der Waals surface area contributed by atoms with Gasteiger partial charge in [0.2, 0.25) is 5.91 Å². The summed E-state index contributed by atoms with van der Waals surface area (Å²) in [5, 5.41) is 16.4. The molecular weight excluding hydrogens is 458 g/mol. The molecular formula is C28H30N3O5-. The number of rotatable bonds is 13. The maximum Gasteiger partial charge on any atom is 0.251 e. The number of carbonyl (C=O) groups excluding carboxylic acids is 3. The summed E-state index contributed by atoms with van der Waals surface area (Å²) in [6.07, 6.45) is 2.85. The van der Waals surface area contributed by atoms with Gasteiger partial charge in [0.1, 0.15) is 18.4 Å². The van der Waals surface area contributed by atoms with Crippen molar-refractivity contribution < 1.29 is 24.2 Å². The normalized spacial score (nSPS) is 11.3. The molecule has 4 N–H and O–H groups in total. The van der Waals surface area contributed by atoms with Gasteiger partial charge in [-0.15, -0.1) is 0 Å². The highest BCUT2D eigenvalue weighted by molar-refractivity contribution is 5.97. The van der Waals surface area contributed by atoms with Crippen molar-refractivity contribution in [2.45, 2.75) is 31.7 Å². The number of nitrogens with one attached hydrogen (secondary N) is 2. The molecule has 3 aromatic rings. The maximum atomic E-state index is 13.0. The smallest absolute Gasteiger partial charge is 0.251 e. The fourth-order valence-electron chi connectivity index (χ4n) is 3.70. The second-order valence-corrected chi connectivity index (χ2v) is 8.36. The largest absolute Gasteiger partial charge is 0.546 e. The topological polar surface area (TPSA) is 134 Å². The minimum Gasteiger partial charge on any atom is -0.546 e. The van der Waals surface area contributed by atoms with Crippen LogP contribution in [0.3, 0.4) is 0 Å². The van der Waals surface area contributed by atoms with E-state index in [4.69, 9.17) is 10.5 Å². The average Bonchev–Trinajstić information content (AvgIpc) is 2.88. The fourth-order valence-corrected chi connectivity index (χ4v) is 3.70. The second-order valence-electron chi connectivity index (χ2n) is 8.36. The minimum absolute atomic E-state index is 0.194. The van der Waals surface area contributed by atoms with Crippen LogP contribution in [-0.2, 0) is 22.4 Å². The molecule has 0 aliphatic heterocycles. The van der Waals surface area contributed by atoms with Gasteiger partial charge in [0.25, 0.3) is 5.91 Å². The Balaban J connectivity index is 1.62. The van der Waals surface area contributed by atoms with Crippen molar-refractivity contribution in [3.05, 3.63) is 95.6 Å². The zero-order valence-corrected chi connectivity index (χ0v) is 19.9. The molecule has 0 aliphatic carbocycles. The third-order valence-corrected chi connectivity index (χ3v) is 5.55. The lowest BCUT2D eigenvalue weighted by atomic mass is 10.0. The van der Waals surface area contributed by atoms with Crippen LogP contribution in [0, 0.1) is 0 Å². The molecule has 0 saturated carbocycles. The van der Waals surface area contributed by atoms with Crippen LogP contribution < -0.4 is 26.2 Å². The molecule has 2 amide bonds. The van der Waals surface area contributed by atoms with E-state index in [1.807, 2.05) is 24.3 Å². The van der Waals surface area contributed by atoms with Gasteiger partial charge >= 0.3 is 0 Å². The van der Waals surface area contributed by atoms with Gasteiger partial charge in [-0.05, 0) is 54.7 Å². The Morgan fingerprint density at radius 3 is 2.25 bits per heavy atom. The van der Waals surface area contributed by atoms with Crippen molar-refractivity contribution in [3.63, 3.8) is 0 Å². The first-order valence-corrected chi connectivity index (χ1v) is 11.8. The van der Waals surface area contributed by atoms with Crippen LogP contribution in [0.5, 0.6) is 5.75 Å². The lowest BCUT2D eigenvalue weighted by molar-refractivity contribution is -0.307. The molecule has 8 heteroatoms. The van der Waals surface area contributed by atoms with E-state index >= 15 is 0 Å². The molecule has 0 spiro atoms. The van der Waals surface area contributed by atoms with Gasteiger partial charge in [-0.1, -0.05) is 54.6 Å². The van der Waals surface area contributed by atoms with Gasteiger partial charge in [-0.25, -0.2) is 0 Å². The van der Waals surface area contributed by atoms with Crippen LogP contribution in [0.4, 0.5) is 5.69 Å². The molecule has 188 valence electrons. The summed E-state index contributed by atoms with van der Waals surface area (Å²) in [5.74, 6) is -1.81. The van der Waals surface area contributed by atoms with Crippen LogP contribution in [0.2, 0.25) is 0 Å². The van der Waals surface area contributed by atoms with Crippen molar-refractivity contribution >= 4 is 23.5 Å². The first kappa shape index (κ1) is 26.3. The van der Waals surface area contributed by atoms with Crippen LogP contribution >= 0.6 is 0 Å². The molecule has 0 saturated heterocycles. The summed E-state index contributed by atoms with van der Waals surface area (Å²) in [5.41, 5.74) is 8.60. The Morgan fingerprint density at radius 2 is 1.58 bits per heavy atom. The molecule has 36 heavy (non-hydrogen) atoms. The highest BCUT2D eigenvalue weighted by Gasteiger charge is 2.22. The Kier molecular flexibility index (Phi) is 9.88. The molecule has 1 unspecified atom stereocenters. The lowest BCUT2D eigenvalue weighted by Gasteiger charge is -2.19. The average molecular weight is 489 g/mol.